The molecule has 0 N–H and O–H groups in total. The fraction of sp³-hybridized carbons (Fsp3) is 0.462. The predicted octanol–water partition coefficient (Wildman–Crippen LogP) is 3.62. The number of carbonyl (C=O) groups excluding carboxylic acids is 1. The lowest BCUT2D eigenvalue weighted by Gasteiger charge is -1.89. The smallest absolute Gasteiger partial charge is 0.129 e. The zero-order valence-corrected chi connectivity index (χ0v) is 9.42. The maximum Gasteiger partial charge on any atom is 0.129 e. The van der Waals surface area contributed by atoms with Crippen molar-refractivity contribution in [1.82, 2.24) is 0 Å². The molecule has 0 unspecified atom stereocenters. The van der Waals surface area contributed by atoms with Crippen molar-refractivity contribution in [2.24, 2.45) is 0 Å². The zero-order valence-electron chi connectivity index (χ0n) is 9.42. The lowest BCUT2D eigenvalue weighted by Crippen LogP contribution is -1.84. The molecule has 1 rings (SSSR count). The van der Waals surface area contributed by atoms with E-state index in [0.29, 0.717) is 0 Å². The van der Waals surface area contributed by atoms with Gasteiger partial charge in [0.05, 0.1) is 0 Å². The third kappa shape index (κ3) is 7.53. The van der Waals surface area contributed by atoms with Gasteiger partial charge in [0.2, 0.25) is 0 Å². The van der Waals surface area contributed by atoms with Crippen LogP contribution in [0, 0.1) is 0 Å². The number of hydrogen-bond acceptors (Lipinski definition) is 1. The van der Waals surface area contributed by atoms with Gasteiger partial charge in [-0.15, -0.1) is 0 Å². The first-order valence-corrected chi connectivity index (χ1v) is 5.24. The first-order valence-electron chi connectivity index (χ1n) is 5.24. The molecule has 1 heteroatoms. The highest BCUT2D eigenvalue weighted by Crippen LogP contribution is 1.96. The Labute approximate surface area is 87.2 Å². The quantitative estimate of drug-likeness (QED) is 0.714. The van der Waals surface area contributed by atoms with Gasteiger partial charge in [0.15, 0.2) is 0 Å². The number of carbonyl (C=O) groups is 1. The summed E-state index contributed by atoms with van der Waals surface area (Å²) in [6, 6.07) is 10.5. The zero-order chi connectivity index (χ0) is 10.8. The molecule has 0 radical (unpaired) electrons. The van der Waals surface area contributed by atoms with Crippen LogP contribution in [0.25, 0.3) is 0 Å². The van der Waals surface area contributed by atoms with Crippen LogP contribution in [0.3, 0.4) is 0 Å². The number of ketones is 1. The molecule has 0 aliphatic rings. The van der Waals surface area contributed by atoms with Crippen molar-refractivity contribution in [2.45, 2.75) is 40.0 Å². The second-order valence-electron chi connectivity index (χ2n) is 3.29. The minimum atomic E-state index is 0.289. The highest BCUT2D eigenvalue weighted by Gasteiger charge is 1.83. The molecule has 1 aromatic carbocycles. The number of rotatable bonds is 3. The van der Waals surface area contributed by atoms with E-state index in [-0.39, 0.29) is 5.78 Å². The van der Waals surface area contributed by atoms with Gasteiger partial charge in [0.25, 0.3) is 0 Å². The van der Waals surface area contributed by atoms with E-state index in [4.69, 9.17) is 0 Å². The van der Waals surface area contributed by atoms with Crippen molar-refractivity contribution >= 4 is 5.78 Å². The molecule has 0 saturated heterocycles. The number of benzene rings is 1. The van der Waals surface area contributed by atoms with Crippen LogP contribution in [0.5, 0.6) is 0 Å². The molecular formula is C13H20O. The molecule has 1 aromatic rings. The minimum absolute atomic E-state index is 0.289. The molecule has 0 fully saturated rings. The van der Waals surface area contributed by atoms with Gasteiger partial charge >= 0.3 is 0 Å². The van der Waals surface area contributed by atoms with Crippen molar-refractivity contribution in [3.8, 4) is 0 Å². The molecule has 0 aliphatic heterocycles. The summed E-state index contributed by atoms with van der Waals surface area (Å²) in [6.07, 6.45) is 2.86. The van der Waals surface area contributed by atoms with Gasteiger partial charge in [-0.05, 0) is 25.3 Å². The summed E-state index contributed by atoms with van der Waals surface area (Å²) in [6.45, 7) is 5.78. The third-order valence-corrected chi connectivity index (χ3v) is 1.85. The highest BCUT2D eigenvalue weighted by atomic mass is 16.1. The summed E-state index contributed by atoms with van der Waals surface area (Å²) >= 11 is 0. The second-order valence-corrected chi connectivity index (χ2v) is 3.29. The van der Waals surface area contributed by atoms with E-state index in [2.05, 4.69) is 31.2 Å². The molecule has 0 amide bonds. The lowest BCUT2D eigenvalue weighted by atomic mass is 10.2. The molecule has 0 aliphatic carbocycles. The number of aryl methyl sites for hydroxylation is 1. The van der Waals surface area contributed by atoms with Crippen LogP contribution in [0.4, 0.5) is 0 Å². The van der Waals surface area contributed by atoms with Gasteiger partial charge in [0.1, 0.15) is 5.78 Å². The van der Waals surface area contributed by atoms with Crippen molar-refractivity contribution in [3.05, 3.63) is 35.9 Å². The Kier molecular flexibility index (Phi) is 7.81. The average Bonchev–Trinajstić information content (AvgIpc) is 2.20. The van der Waals surface area contributed by atoms with E-state index in [9.17, 15) is 4.79 Å². The van der Waals surface area contributed by atoms with E-state index < -0.39 is 0 Å². The fourth-order valence-electron chi connectivity index (χ4n) is 1.07. The normalized spacial score (nSPS) is 8.79. The summed E-state index contributed by atoms with van der Waals surface area (Å²) in [5.41, 5.74) is 1.41. The minimum Gasteiger partial charge on any atom is -0.300 e. The van der Waals surface area contributed by atoms with Gasteiger partial charge in [0, 0.05) is 6.42 Å². The Morgan fingerprint density at radius 2 is 1.71 bits per heavy atom. The van der Waals surface area contributed by atoms with Gasteiger partial charge in [-0.25, -0.2) is 0 Å². The molecule has 0 atom stereocenters. The molecule has 14 heavy (non-hydrogen) atoms. The fourth-order valence-corrected chi connectivity index (χ4v) is 1.07. The summed E-state index contributed by atoms with van der Waals surface area (Å²) in [5.74, 6) is 0.289. The highest BCUT2D eigenvalue weighted by molar-refractivity contribution is 5.75. The van der Waals surface area contributed by atoms with E-state index in [0.717, 1.165) is 19.3 Å². The van der Waals surface area contributed by atoms with Crippen LogP contribution in [-0.2, 0) is 11.2 Å². The van der Waals surface area contributed by atoms with E-state index in [1.165, 1.54) is 5.56 Å². The topological polar surface area (TPSA) is 17.1 Å². The second kappa shape index (κ2) is 8.49. The Morgan fingerprint density at radius 1 is 1.14 bits per heavy atom. The molecule has 1 nitrogen and oxygen atoms in total. The summed E-state index contributed by atoms with van der Waals surface area (Å²) in [4.78, 5) is 10.0. The Balaban J connectivity index is 0.000000255. The standard InChI is InChI=1S/C8H10.C5H10O/c1-2-8-6-4-3-5-7-8;1-3-4-5(2)6/h3-7H,2H2,1H3;3-4H2,1-2H3. The Morgan fingerprint density at radius 3 is 1.93 bits per heavy atom. The summed E-state index contributed by atoms with van der Waals surface area (Å²) < 4.78 is 0. The maximum atomic E-state index is 10.0. The van der Waals surface area contributed by atoms with Gasteiger partial charge < -0.3 is 4.79 Å². The Hall–Kier alpha value is -1.11. The van der Waals surface area contributed by atoms with E-state index in [1.807, 2.05) is 13.0 Å². The van der Waals surface area contributed by atoms with Gasteiger partial charge in [-0.1, -0.05) is 44.2 Å². The first kappa shape index (κ1) is 12.9. The van der Waals surface area contributed by atoms with Crippen LogP contribution in [0.2, 0.25) is 0 Å². The largest absolute Gasteiger partial charge is 0.300 e. The van der Waals surface area contributed by atoms with E-state index >= 15 is 0 Å². The summed E-state index contributed by atoms with van der Waals surface area (Å²) in [7, 11) is 0. The van der Waals surface area contributed by atoms with Crippen LogP contribution in [-0.4, -0.2) is 5.78 Å². The monoisotopic (exact) mass is 192 g/mol. The van der Waals surface area contributed by atoms with E-state index in [1.54, 1.807) is 6.92 Å². The lowest BCUT2D eigenvalue weighted by molar-refractivity contribution is -0.117. The van der Waals surface area contributed by atoms with Crippen LogP contribution in [0.15, 0.2) is 30.3 Å². The predicted molar refractivity (Wildman–Crippen MR) is 61.4 cm³/mol. The van der Waals surface area contributed by atoms with Crippen LogP contribution in [0.1, 0.15) is 39.2 Å². The van der Waals surface area contributed by atoms with Crippen molar-refractivity contribution < 1.29 is 4.79 Å². The van der Waals surface area contributed by atoms with Crippen LogP contribution < -0.4 is 0 Å². The first-order chi connectivity index (χ1) is 6.70. The van der Waals surface area contributed by atoms with Gasteiger partial charge in [-0.3, -0.25) is 0 Å². The number of Topliss-reactive ketones (excluding diaryl/α,β-unsaturated/α-hetero) is 1. The van der Waals surface area contributed by atoms with Crippen LogP contribution >= 0.6 is 0 Å². The number of hydrogen-bond donors (Lipinski definition) is 0. The summed E-state index contributed by atoms with van der Waals surface area (Å²) in [5, 5.41) is 0. The average molecular weight is 192 g/mol. The molecule has 0 aromatic heterocycles. The Bertz CT molecular complexity index is 239. The molecule has 0 bridgehead atoms. The van der Waals surface area contributed by atoms with Gasteiger partial charge in [-0.2, -0.15) is 0 Å². The molecule has 78 valence electrons. The third-order valence-electron chi connectivity index (χ3n) is 1.85. The molecule has 0 spiro atoms. The molecule has 0 saturated carbocycles. The molecular weight excluding hydrogens is 172 g/mol. The molecule has 0 heterocycles. The van der Waals surface area contributed by atoms with Crippen molar-refractivity contribution in [1.29, 1.82) is 0 Å². The SMILES string of the molecule is CCCC(C)=O.CCc1ccccc1. The maximum absolute atomic E-state index is 10.0. The van der Waals surface area contributed by atoms with Crippen molar-refractivity contribution in [2.75, 3.05) is 0 Å². The van der Waals surface area contributed by atoms with Crippen molar-refractivity contribution in [3.63, 3.8) is 0 Å².